The quantitative estimate of drug-likeness (QED) is 0.569. The molecule has 0 bridgehead atoms. The largest absolute Gasteiger partial charge is 0.497 e. The fourth-order valence-electron chi connectivity index (χ4n) is 2.89. The molecule has 0 saturated carbocycles. The Morgan fingerprint density at radius 3 is 2.88 bits per heavy atom. The van der Waals surface area contributed by atoms with Gasteiger partial charge >= 0.3 is 0 Å². The van der Waals surface area contributed by atoms with Crippen LogP contribution >= 0.6 is 23.1 Å². The van der Waals surface area contributed by atoms with Crippen LogP contribution in [-0.2, 0) is 17.6 Å². The Morgan fingerprint density at radius 2 is 2.16 bits per heavy atom. The number of carbonyl (C=O) groups excluding carboxylic acids is 1. The number of amides is 1. The summed E-state index contributed by atoms with van der Waals surface area (Å²) in [6, 6.07) is 10.2. The van der Waals surface area contributed by atoms with Gasteiger partial charge in [-0.05, 0) is 61.3 Å². The molecular formula is C19H20N2O2S2. The van der Waals surface area contributed by atoms with Gasteiger partial charge in [0.15, 0.2) is 0 Å². The summed E-state index contributed by atoms with van der Waals surface area (Å²) in [5.74, 6) is 1.72. The molecule has 0 unspecified atom stereocenters. The summed E-state index contributed by atoms with van der Waals surface area (Å²) in [6.45, 7) is 0. The number of nitrogens with zero attached hydrogens (tertiary/aromatic N) is 1. The van der Waals surface area contributed by atoms with Gasteiger partial charge in [-0.1, -0.05) is 0 Å². The second-order valence-corrected chi connectivity index (χ2v) is 8.12. The standard InChI is InChI=1S/C19H20N2O2S2/c1-23-13-7-9-14(10-8-13)24-11-3-6-18(22)21-19-16(12-20)15-4-2-5-17(15)25-19/h7-10H,2-6,11H2,1H3,(H,21,22). The SMILES string of the molecule is COc1ccc(SCCCC(=O)Nc2sc3c(c2C#N)CCC3)cc1. The van der Waals surface area contributed by atoms with Crippen LogP contribution in [0.15, 0.2) is 29.2 Å². The van der Waals surface area contributed by atoms with Crippen molar-refractivity contribution in [1.82, 2.24) is 0 Å². The van der Waals surface area contributed by atoms with E-state index in [-0.39, 0.29) is 5.91 Å². The fraction of sp³-hybridized carbons (Fsp3) is 0.368. The normalized spacial score (nSPS) is 12.5. The van der Waals surface area contributed by atoms with Crippen LogP contribution in [0.5, 0.6) is 5.75 Å². The number of methoxy groups -OCH3 is 1. The monoisotopic (exact) mass is 372 g/mol. The number of hydrogen-bond acceptors (Lipinski definition) is 5. The highest BCUT2D eigenvalue weighted by molar-refractivity contribution is 7.99. The van der Waals surface area contributed by atoms with E-state index in [2.05, 4.69) is 11.4 Å². The Hall–Kier alpha value is -1.97. The molecule has 0 aliphatic heterocycles. The summed E-state index contributed by atoms with van der Waals surface area (Å²) < 4.78 is 5.14. The van der Waals surface area contributed by atoms with E-state index in [1.807, 2.05) is 24.3 Å². The topological polar surface area (TPSA) is 62.1 Å². The summed E-state index contributed by atoms with van der Waals surface area (Å²) in [7, 11) is 1.65. The van der Waals surface area contributed by atoms with Crippen molar-refractivity contribution in [2.24, 2.45) is 0 Å². The minimum Gasteiger partial charge on any atom is -0.497 e. The molecule has 1 aromatic carbocycles. The molecule has 1 N–H and O–H groups in total. The molecule has 3 rings (SSSR count). The number of ether oxygens (including phenoxy) is 1. The van der Waals surface area contributed by atoms with Crippen molar-refractivity contribution in [2.45, 2.75) is 37.0 Å². The van der Waals surface area contributed by atoms with E-state index in [4.69, 9.17) is 4.74 Å². The van der Waals surface area contributed by atoms with Gasteiger partial charge < -0.3 is 10.1 Å². The first-order valence-electron chi connectivity index (χ1n) is 8.32. The van der Waals surface area contributed by atoms with E-state index in [0.29, 0.717) is 12.0 Å². The van der Waals surface area contributed by atoms with Crippen LogP contribution in [-0.4, -0.2) is 18.8 Å². The van der Waals surface area contributed by atoms with E-state index in [1.165, 1.54) is 9.77 Å². The fourth-order valence-corrected chi connectivity index (χ4v) is 5.00. The molecule has 0 spiro atoms. The zero-order valence-electron chi connectivity index (χ0n) is 14.1. The maximum Gasteiger partial charge on any atom is 0.225 e. The summed E-state index contributed by atoms with van der Waals surface area (Å²) in [6.07, 6.45) is 4.38. The van der Waals surface area contributed by atoms with Crippen LogP contribution in [0.2, 0.25) is 0 Å². The van der Waals surface area contributed by atoms with Gasteiger partial charge in [0.1, 0.15) is 16.8 Å². The summed E-state index contributed by atoms with van der Waals surface area (Å²) in [5.41, 5.74) is 1.83. The van der Waals surface area contributed by atoms with Crippen molar-refractivity contribution in [3.05, 3.63) is 40.3 Å². The second kappa shape index (κ2) is 8.41. The molecule has 0 saturated heterocycles. The maximum atomic E-state index is 12.2. The molecule has 1 aliphatic carbocycles. The van der Waals surface area contributed by atoms with Crippen molar-refractivity contribution >= 4 is 34.0 Å². The van der Waals surface area contributed by atoms with Gasteiger partial charge in [0.2, 0.25) is 5.91 Å². The number of aryl methyl sites for hydroxylation is 1. The Bertz CT molecular complexity index is 791. The van der Waals surface area contributed by atoms with Gasteiger partial charge in [0, 0.05) is 16.2 Å². The van der Waals surface area contributed by atoms with Crippen LogP contribution in [0.1, 0.15) is 35.3 Å². The molecule has 1 aromatic heterocycles. The van der Waals surface area contributed by atoms with E-state index in [0.717, 1.165) is 47.8 Å². The first kappa shape index (κ1) is 17.8. The number of nitrogens with one attached hydrogen (secondary N) is 1. The molecule has 1 aliphatic rings. The lowest BCUT2D eigenvalue weighted by molar-refractivity contribution is -0.116. The second-order valence-electron chi connectivity index (χ2n) is 5.85. The zero-order chi connectivity index (χ0) is 17.6. The maximum absolute atomic E-state index is 12.2. The van der Waals surface area contributed by atoms with Gasteiger partial charge in [0.05, 0.1) is 12.7 Å². The summed E-state index contributed by atoms with van der Waals surface area (Å²) in [5, 5.41) is 13.0. The van der Waals surface area contributed by atoms with Crippen LogP contribution in [0.4, 0.5) is 5.00 Å². The van der Waals surface area contributed by atoms with E-state index >= 15 is 0 Å². The number of hydrogen-bond donors (Lipinski definition) is 1. The van der Waals surface area contributed by atoms with E-state index in [9.17, 15) is 10.1 Å². The number of thiophene rings is 1. The molecule has 2 aromatic rings. The number of nitriles is 1. The summed E-state index contributed by atoms with van der Waals surface area (Å²) in [4.78, 5) is 14.6. The number of anilines is 1. The van der Waals surface area contributed by atoms with Crippen LogP contribution in [0.25, 0.3) is 0 Å². The van der Waals surface area contributed by atoms with E-state index < -0.39 is 0 Å². The third kappa shape index (κ3) is 4.36. The molecule has 130 valence electrons. The average Bonchev–Trinajstić information content (AvgIpc) is 3.19. The first-order valence-corrected chi connectivity index (χ1v) is 10.1. The molecule has 0 fully saturated rings. The highest BCUT2D eigenvalue weighted by Crippen LogP contribution is 2.38. The first-order chi connectivity index (χ1) is 12.2. The third-order valence-electron chi connectivity index (χ3n) is 4.16. The lowest BCUT2D eigenvalue weighted by Crippen LogP contribution is -2.11. The predicted molar refractivity (Wildman–Crippen MR) is 103 cm³/mol. The molecule has 0 atom stereocenters. The Morgan fingerprint density at radius 1 is 1.36 bits per heavy atom. The molecule has 25 heavy (non-hydrogen) atoms. The Kier molecular flexibility index (Phi) is 6.00. The predicted octanol–water partition coefficient (Wildman–Crippen LogP) is 4.63. The van der Waals surface area contributed by atoms with Gasteiger partial charge in [0.25, 0.3) is 0 Å². The minimum atomic E-state index is -0.00763. The molecule has 1 heterocycles. The number of carbonyl (C=O) groups is 1. The van der Waals surface area contributed by atoms with Crippen molar-refractivity contribution in [2.75, 3.05) is 18.2 Å². The van der Waals surface area contributed by atoms with Crippen molar-refractivity contribution in [3.8, 4) is 11.8 Å². The van der Waals surface area contributed by atoms with Crippen molar-refractivity contribution < 1.29 is 9.53 Å². The Balaban J connectivity index is 1.45. The summed E-state index contributed by atoms with van der Waals surface area (Å²) >= 11 is 3.30. The van der Waals surface area contributed by atoms with Crippen LogP contribution in [0.3, 0.4) is 0 Å². The molecule has 0 radical (unpaired) electrons. The van der Waals surface area contributed by atoms with Gasteiger partial charge in [-0.3, -0.25) is 4.79 Å². The van der Waals surface area contributed by atoms with Gasteiger partial charge in [-0.2, -0.15) is 5.26 Å². The average molecular weight is 373 g/mol. The van der Waals surface area contributed by atoms with Crippen LogP contribution < -0.4 is 10.1 Å². The molecule has 4 nitrogen and oxygen atoms in total. The number of fused-ring (bicyclic) bond motifs is 1. The van der Waals surface area contributed by atoms with Crippen LogP contribution in [0, 0.1) is 11.3 Å². The smallest absolute Gasteiger partial charge is 0.225 e. The van der Waals surface area contributed by atoms with Gasteiger partial charge in [-0.25, -0.2) is 0 Å². The number of thioether (sulfide) groups is 1. The molecule has 1 amide bonds. The van der Waals surface area contributed by atoms with Gasteiger partial charge in [-0.15, -0.1) is 23.1 Å². The third-order valence-corrected chi connectivity index (χ3v) is 6.47. The highest BCUT2D eigenvalue weighted by Gasteiger charge is 2.22. The van der Waals surface area contributed by atoms with Crippen molar-refractivity contribution in [1.29, 1.82) is 5.26 Å². The minimum absolute atomic E-state index is 0.00763. The lowest BCUT2D eigenvalue weighted by atomic mass is 10.1. The number of benzene rings is 1. The Labute approximate surface area is 156 Å². The molecule has 6 heteroatoms. The highest BCUT2D eigenvalue weighted by atomic mass is 32.2. The molecular weight excluding hydrogens is 352 g/mol. The number of rotatable bonds is 7. The van der Waals surface area contributed by atoms with E-state index in [1.54, 1.807) is 30.2 Å². The van der Waals surface area contributed by atoms with Crippen molar-refractivity contribution in [3.63, 3.8) is 0 Å². The lowest BCUT2D eigenvalue weighted by Gasteiger charge is -2.05. The zero-order valence-corrected chi connectivity index (χ0v) is 15.8.